The fraction of sp³-hybridized carbons (Fsp3) is 0.455. The van der Waals surface area contributed by atoms with Gasteiger partial charge in [0, 0.05) is 35.5 Å². The van der Waals surface area contributed by atoms with Gasteiger partial charge < -0.3 is 5.32 Å². The SMILES string of the molecule is CSCC(C)NCc1cc([N+](=O)[O-])ccc1Cl. The summed E-state index contributed by atoms with van der Waals surface area (Å²) in [4.78, 5) is 10.2. The Labute approximate surface area is 110 Å². The fourth-order valence-electron chi connectivity index (χ4n) is 1.40. The van der Waals surface area contributed by atoms with Crippen molar-refractivity contribution >= 4 is 29.1 Å². The second kappa shape index (κ2) is 6.83. The van der Waals surface area contributed by atoms with E-state index in [1.807, 2.05) is 6.26 Å². The maximum Gasteiger partial charge on any atom is 0.269 e. The highest BCUT2D eigenvalue weighted by Crippen LogP contribution is 2.21. The number of nitro groups is 1. The van der Waals surface area contributed by atoms with E-state index in [9.17, 15) is 10.1 Å². The number of nitro benzene ring substituents is 1. The highest BCUT2D eigenvalue weighted by Gasteiger charge is 2.10. The summed E-state index contributed by atoms with van der Waals surface area (Å²) in [7, 11) is 0. The van der Waals surface area contributed by atoms with Crippen LogP contribution in [-0.2, 0) is 6.54 Å². The summed E-state index contributed by atoms with van der Waals surface area (Å²) in [5, 5.41) is 14.5. The first-order chi connectivity index (χ1) is 8.04. The van der Waals surface area contributed by atoms with Crippen molar-refractivity contribution in [1.29, 1.82) is 0 Å². The smallest absolute Gasteiger partial charge is 0.269 e. The molecule has 0 aliphatic rings. The molecule has 0 radical (unpaired) electrons. The minimum absolute atomic E-state index is 0.0729. The lowest BCUT2D eigenvalue weighted by atomic mass is 10.2. The number of benzene rings is 1. The molecule has 1 aromatic rings. The van der Waals surface area contributed by atoms with Crippen molar-refractivity contribution in [2.75, 3.05) is 12.0 Å². The lowest BCUT2D eigenvalue weighted by Crippen LogP contribution is -2.27. The van der Waals surface area contributed by atoms with Crippen molar-refractivity contribution in [3.8, 4) is 0 Å². The predicted octanol–water partition coefficient (Wildman–Crippen LogP) is 3.09. The molecule has 17 heavy (non-hydrogen) atoms. The number of non-ortho nitro benzene ring substituents is 1. The first-order valence-corrected chi connectivity index (χ1v) is 6.97. The van der Waals surface area contributed by atoms with Crippen LogP contribution in [0.4, 0.5) is 5.69 Å². The minimum atomic E-state index is -0.412. The summed E-state index contributed by atoms with van der Waals surface area (Å²) in [5.41, 5.74) is 0.831. The molecule has 0 aromatic heterocycles. The molecule has 1 N–H and O–H groups in total. The number of nitrogens with one attached hydrogen (secondary N) is 1. The lowest BCUT2D eigenvalue weighted by molar-refractivity contribution is -0.384. The molecule has 0 amide bonds. The third-order valence-corrected chi connectivity index (χ3v) is 3.50. The number of halogens is 1. The zero-order valence-electron chi connectivity index (χ0n) is 9.77. The third-order valence-electron chi connectivity index (χ3n) is 2.30. The van der Waals surface area contributed by atoms with Crippen LogP contribution in [0.25, 0.3) is 0 Å². The Morgan fingerprint density at radius 2 is 2.29 bits per heavy atom. The number of rotatable bonds is 6. The van der Waals surface area contributed by atoms with Crippen molar-refractivity contribution in [3.05, 3.63) is 38.9 Å². The van der Waals surface area contributed by atoms with Crippen LogP contribution in [0.15, 0.2) is 18.2 Å². The maximum atomic E-state index is 10.6. The molecule has 94 valence electrons. The normalized spacial score (nSPS) is 12.4. The Balaban J connectivity index is 2.69. The van der Waals surface area contributed by atoms with Gasteiger partial charge in [0.2, 0.25) is 0 Å². The van der Waals surface area contributed by atoms with Crippen molar-refractivity contribution in [2.45, 2.75) is 19.5 Å². The summed E-state index contributed by atoms with van der Waals surface area (Å²) in [6.07, 6.45) is 2.04. The van der Waals surface area contributed by atoms with Gasteiger partial charge in [0.1, 0.15) is 0 Å². The molecular formula is C11H15ClN2O2S. The quantitative estimate of drug-likeness (QED) is 0.640. The summed E-state index contributed by atoms with van der Waals surface area (Å²) in [5.74, 6) is 0.993. The van der Waals surface area contributed by atoms with Gasteiger partial charge in [-0.3, -0.25) is 10.1 Å². The average molecular weight is 275 g/mol. The van der Waals surface area contributed by atoms with Gasteiger partial charge in [-0.2, -0.15) is 11.8 Å². The zero-order chi connectivity index (χ0) is 12.8. The molecule has 0 saturated carbocycles. The van der Waals surface area contributed by atoms with E-state index >= 15 is 0 Å². The molecule has 1 rings (SSSR count). The molecule has 0 bridgehead atoms. The number of hydrogen-bond donors (Lipinski definition) is 1. The molecule has 0 spiro atoms. The molecule has 0 aliphatic heterocycles. The van der Waals surface area contributed by atoms with Crippen molar-refractivity contribution in [1.82, 2.24) is 5.32 Å². The van der Waals surface area contributed by atoms with E-state index in [0.29, 0.717) is 17.6 Å². The summed E-state index contributed by atoms with van der Waals surface area (Å²) < 4.78 is 0. The summed E-state index contributed by atoms with van der Waals surface area (Å²) in [6, 6.07) is 4.84. The average Bonchev–Trinajstić information content (AvgIpc) is 2.28. The van der Waals surface area contributed by atoms with Crippen molar-refractivity contribution in [3.63, 3.8) is 0 Å². The predicted molar refractivity (Wildman–Crippen MR) is 72.8 cm³/mol. The van der Waals surface area contributed by atoms with Gasteiger partial charge in [-0.1, -0.05) is 11.6 Å². The maximum absolute atomic E-state index is 10.6. The highest BCUT2D eigenvalue weighted by atomic mass is 35.5. The van der Waals surface area contributed by atoms with Crippen LogP contribution in [-0.4, -0.2) is 23.0 Å². The van der Waals surface area contributed by atoms with E-state index in [0.717, 1.165) is 11.3 Å². The Hall–Kier alpha value is -0.780. The molecule has 0 heterocycles. The Morgan fingerprint density at radius 1 is 1.59 bits per heavy atom. The van der Waals surface area contributed by atoms with Crippen LogP contribution in [0.5, 0.6) is 0 Å². The Bertz CT molecular complexity index is 401. The van der Waals surface area contributed by atoms with E-state index in [2.05, 4.69) is 12.2 Å². The first kappa shape index (κ1) is 14.3. The van der Waals surface area contributed by atoms with Crippen LogP contribution >= 0.6 is 23.4 Å². The van der Waals surface area contributed by atoms with Crippen LogP contribution in [0.1, 0.15) is 12.5 Å². The molecule has 1 aromatic carbocycles. The number of thioether (sulfide) groups is 1. The van der Waals surface area contributed by atoms with E-state index in [1.165, 1.54) is 12.1 Å². The molecule has 0 saturated heterocycles. The van der Waals surface area contributed by atoms with Crippen LogP contribution in [0, 0.1) is 10.1 Å². The summed E-state index contributed by atoms with van der Waals surface area (Å²) in [6.45, 7) is 2.62. The molecule has 1 atom stereocenters. The second-order valence-electron chi connectivity index (χ2n) is 3.77. The molecule has 6 heteroatoms. The number of nitrogens with zero attached hydrogens (tertiary/aromatic N) is 1. The van der Waals surface area contributed by atoms with E-state index in [-0.39, 0.29) is 5.69 Å². The molecule has 4 nitrogen and oxygen atoms in total. The van der Waals surface area contributed by atoms with Gasteiger partial charge >= 0.3 is 0 Å². The van der Waals surface area contributed by atoms with Gasteiger partial charge in [-0.05, 0) is 24.8 Å². The third kappa shape index (κ3) is 4.53. The second-order valence-corrected chi connectivity index (χ2v) is 5.09. The minimum Gasteiger partial charge on any atom is -0.309 e. The molecular weight excluding hydrogens is 260 g/mol. The lowest BCUT2D eigenvalue weighted by Gasteiger charge is -2.12. The largest absolute Gasteiger partial charge is 0.309 e. The first-order valence-electron chi connectivity index (χ1n) is 5.19. The van der Waals surface area contributed by atoms with E-state index < -0.39 is 4.92 Å². The molecule has 0 aliphatic carbocycles. The molecule has 0 fully saturated rings. The monoisotopic (exact) mass is 274 g/mol. The fourth-order valence-corrected chi connectivity index (χ4v) is 2.21. The van der Waals surface area contributed by atoms with Crippen LogP contribution in [0.3, 0.4) is 0 Å². The van der Waals surface area contributed by atoms with Gasteiger partial charge in [0.05, 0.1) is 4.92 Å². The van der Waals surface area contributed by atoms with Crippen molar-refractivity contribution in [2.24, 2.45) is 0 Å². The Morgan fingerprint density at radius 3 is 2.88 bits per heavy atom. The van der Waals surface area contributed by atoms with E-state index in [4.69, 9.17) is 11.6 Å². The standard InChI is InChI=1S/C11H15ClN2O2S/c1-8(7-17-2)13-6-9-5-10(14(15)16)3-4-11(9)12/h3-5,8,13H,6-7H2,1-2H3. The van der Waals surface area contributed by atoms with Gasteiger partial charge in [0.15, 0.2) is 0 Å². The zero-order valence-corrected chi connectivity index (χ0v) is 11.3. The topological polar surface area (TPSA) is 55.2 Å². The summed E-state index contributed by atoms with van der Waals surface area (Å²) >= 11 is 7.75. The van der Waals surface area contributed by atoms with Gasteiger partial charge in [-0.15, -0.1) is 0 Å². The van der Waals surface area contributed by atoms with Gasteiger partial charge in [0.25, 0.3) is 5.69 Å². The van der Waals surface area contributed by atoms with Crippen LogP contribution in [0.2, 0.25) is 5.02 Å². The van der Waals surface area contributed by atoms with Crippen molar-refractivity contribution < 1.29 is 4.92 Å². The Kier molecular flexibility index (Phi) is 5.74. The van der Waals surface area contributed by atoms with Crippen LogP contribution < -0.4 is 5.32 Å². The van der Waals surface area contributed by atoms with Gasteiger partial charge in [-0.25, -0.2) is 0 Å². The number of hydrogen-bond acceptors (Lipinski definition) is 4. The molecule has 1 unspecified atom stereocenters. The highest BCUT2D eigenvalue weighted by molar-refractivity contribution is 7.98. The van der Waals surface area contributed by atoms with E-state index in [1.54, 1.807) is 17.8 Å².